The molecule has 0 bridgehead atoms. The molecule has 0 fully saturated rings. The third kappa shape index (κ3) is 1.42. The molecule has 0 aliphatic carbocycles. The predicted octanol–water partition coefficient (Wildman–Crippen LogP) is 0.989. The summed E-state index contributed by atoms with van der Waals surface area (Å²) in [6.07, 6.45) is 1.65. The number of carbonyl (C=O) groups excluding carboxylic acids is 1. The predicted molar refractivity (Wildman–Crippen MR) is 52.9 cm³/mol. The van der Waals surface area contributed by atoms with Gasteiger partial charge in [0.25, 0.3) is 5.91 Å². The van der Waals surface area contributed by atoms with Crippen LogP contribution in [0.1, 0.15) is 10.6 Å². The van der Waals surface area contributed by atoms with E-state index < -0.39 is 0 Å². The quantitative estimate of drug-likeness (QED) is 0.724. The van der Waals surface area contributed by atoms with Crippen molar-refractivity contribution in [2.75, 3.05) is 7.05 Å². The van der Waals surface area contributed by atoms with Gasteiger partial charge in [0, 0.05) is 18.6 Å². The molecule has 0 saturated carbocycles. The Morgan fingerprint density at radius 1 is 1.36 bits per heavy atom. The Balaban J connectivity index is 2.56. The van der Waals surface area contributed by atoms with Gasteiger partial charge in [0.05, 0.1) is 5.52 Å². The first-order chi connectivity index (χ1) is 6.81. The second kappa shape index (κ2) is 3.41. The molecule has 0 saturated heterocycles. The van der Waals surface area contributed by atoms with Crippen molar-refractivity contribution < 1.29 is 4.79 Å². The van der Waals surface area contributed by atoms with Gasteiger partial charge in [-0.25, -0.2) is 9.97 Å². The first kappa shape index (κ1) is 8.62. The number of aromatic nitrogens is 2. The van der Waals surface area contributed by atoms with Crippen LogP contribution in [-0.4, -0.2) is 22.9 Å². The van der Waals surface area contributed by atoms with Gasteiger partial charge < -0.3 is 5.32 Å². The highest BCUT2D eigenvalue weighted by atomic mass is 16.2. The lowest BCUT2D eigenvalue weighted by Crippen LogP contribution is -2.20. The Hall–Kier alpha value is -1.97. The molecule has 1 heterocycles. The van der Waals surface area contributed by atoms with Crippen LogP contribution in [-0.2, 0) is 0 Å². The Bertz CT molecular complexity index is 482. The van der Waals surface area contributed by atoms with E-state index in [9.17, 15) is 4.79 Å². The van der Waals surface area contributed by atoms with E-state index in [0.29, 0.717) is 0 Å². The molecule has 2 rings (SSSR count). The molecule has 4 heteroatoms. The van der Waals surface area contributed by atoms with Crippen LogP contribution in [0.2, 0.25) is 0 Å². The fourth-order valence-electron chi connectivity index (χ4n) is 1.19. The number of hydrogen-bond acceptors (Lipinski definition) is 3. The summed E-state index contributed by atoms with van der Waals surface area (Å²) in [6, 6.07) is 7.54. The van der Waals surface area contributed by atoms with Gasteiger partial charge in [-0.2, -0.15) is 0 Å². The number of hydrogen-bond donors (Lipinski definition) is 1. The number of nitrogens with zero attached hydrogens (tertiary/aromatic N) is 2. The van der Waals surface area contributed by atoms with E-state index in [2.05, 4.69) is 15.3 Å². The molecule has 1 aromatic carbocycles. The van der Waals surface area contributed by atoms with E-state index >= 15 is 0 Å². The molecular formula is C10H9N3O. The van der Waals surface area contributed by atoms with Crippen LogP contribution in [0.4, 0.5) is 0 Å². The lowest BCUT2D eigenvalue weighted by Gasteiger charge is -1.99. The van der Waals surface area contributed by atoms with Gasteiger partial charge in [0.2, 0.25) is 5.82 Å². The summed E-state index contributed by atoms with van der Waals surface area (Å²) >= 11 is 0. The molecule has 14 heavy (non-hydrogen) atoms. The van der Waals surface area contributed by atoms with Crippen molar-refractivity contribution in [1.82, 2.24) is 15.3 Å². The standard InChI is InChI=1S/C10H9N3O/c1-11-10(14)9-12-6-7-4-2-3-5-8(7)13-9/h2-6H,1H3,(H,11,14). The summed E-state index contributed by atoms with van der Waals surface area (Å²) in [7, 11) is 1.56. The topological polar surface area (TPSA) is 54.9 Å². The summed E-state index contributed by atoms with van der Waals surface area (Å²) in [6.45, 7) is 0. The van der Waals surface area contributed by atoms with Crippen LogP contribution in [0, 0.1) is 0 Å². The number of fused-ring (bicyclic) bond motifs is 1. The van der Waals surface area contributed by atoms with Gasteiger partial charge in [-0.1, -0.05) is 18.2 Å². The van der Waals surface area contributed by atoms with Crippen molar-refractivity contribution in [2.24, 2.45) is 0 Å². The first-order valence-corrected chi connectivity index (χ1v) is 4.25. The second-order valence-electron chi connectivity index (χ2n) is 2.83. The maximum Gasteiger partial charge on any atom is 0.288 e. The Labute approximate surface area is 81.0 Å². The van der Waals surface area contributed by atoms with Crippen LogP contribution in [0.3, 0.4) is 0 Å². The maximum absolute atomic E-state index is 11.2. The number of carbonyl (C=O) groups is 1. The van der Waals surface area contributed by atoms with E-state index in [-0.39, 0.29) is 11.7 Å². The van der Waals surface area contributed by atoms with Crippen LogP contribution >= 0.6 is 0 Å². The van der Waals surface area contributed by atoms with E-state index in [1.54, 1.807) is 13.2 Å². The zero-order chi connectivity index (χ0) is 9.97. The van der Waals surface area contributed by atoms with Crippen molar-refractivity contribution in [1.29, 1.82) is 0 Å². The van der Waals surface area contributed by atoms with Crippen molar-refractivity contribution in [2.45, 2.75) is 0 Å². The molecule has 0 spiro atoms. The Morgan fingerprint density at radius 3 is 2.93 bits per heavy atom. The zero-order valence-corrected chi connectivity index (χ0v) is 7.69. The number of rotatable bonds is 1. The molecule has 1 amide bonds. The zero-order valence-electron chi connectivity index (χ0n) is 7.69. The molecule has 0 aliphatic rings. The molecule has 70 valence electrons. The third-order valence-electron chi connectivity index (χ3n) is 1.92. The fourth-order valence-corrected chi connectivity index (χ4v) is 1.19. The summed E-state index contributed by atoms with van der Waals surface area (Å²) < 4.78 is 0. The normalized spacial score (nSPS) is 10.1. The van der Waals surface area contributed by atoms with Crippen LogP contribution in [0.25, 0.3) is 10.9 Å². The maximum atomic E-state index is 11.2. The molecule has 1 aromatic heterocycles. The summed E-state index contributed by atoms with van der Waals surface area (Å²) in [5.74, 6) is -0.0676. The van der Waals surface area contributed by atoms with Crippen molar-refractivity contribution in [3.63, 3.8) is 0 Å². The minimum absolute atomic E-state index is 0.200. The molecule has 0 unspecified atom stereocenters. The van der Waals surface area contributed by atoms with Crippen molar-refractivity contribution in [3.05, 3.63) is 36.3 Å². The molecule has 1 N–H and O–H groups in total. The largest absolute Gasteiger partial charge is 0.352 e. The Kier molecular flexibility index (Phi) is 2.10. The number of para-hydroxylation sites is 1. The van der Waals surface area contributed by atoms with E-state index in [4.69, 9.17) is 0 Å². The van der Waals surface area contributed by atoms with Gasteiger partial charge in [-0.05, 0) is 6.07 Å². The number of amides is 1. The number of benzene rings is 1. The smallest absolute Gasteiger partial charge is 0.288 e. The molecule has 0 aliphatic heterocycles. The highest BCUT2D eigenvalue weighted by Gasteiger charge is 2.06. The van der Waals surface area contributed by atoms with E-state index in [1.165, 1.54) is 0 Å². The van der Waals surface area contributed by atoms with Crippen molar-refractivity contribution >= 4 is 16.8 Å². The average Bonchev–Trinajstić information content (AvgIpc) is 2.27. The minimum Gasteiger partial charge on any atom is -0.352 e. The fraction of sp³-hybridized carbons (Fsp3) is 0.100. The Morgan fingerprint density at radius 2 is 2.14 bits per heavy atom. The van der Waals surface area contributed by atoms with Gasteiger partial charge in [-0.15, -0.1) is 0 Å². The second-order valence-corrected chi connectivity index (χ2v) is 2.83. The SMILES string of the molecule is CNC(=O)c1ncc2ccccc2n1. The molecule has 4 nitrogen and oxygen atoms in total. The van der Waals surface area contributed by atoms with E-state index in [0.717, 1.165) is 10.9 Å². The third-order valence-corrected chi connectivity index (χ3v) is 1.92. The van der Waals surface area contributed by atoms with Gasteiger partial charge >= 0.3 is 0 Å². The highest BCUT2D eigenvalue weighted by molar-refractivity contribution is 5.92. The monoisotopic (exact) mass is 187 g/mol. The summed E-state index contributed by atoms with van der Waals surface area (Å²) in [4.78, 5) is 19.3. The first-order valence-electron chi connectivity index (χ1n) is 4.25. The van der Waals surface area contributed by atoms with Crippen molar-refractivity contribution in [3.8, 4) is 0 Å². The molecular weight excluding hydrogens is 178 g/mol. The molecule has 0 radical (unpaired) electrons. The lowest BCUT2D eigenvalue weighted by atomic mass is 10.2. The minimum atomic E-state index is -0.268. The highest BCUT2D eigenvalue weighted by Crippen LogP contribution is 2.08. The van der Waals surface area contributed by atoms with Gasteiger partial charge in [0.1, 0.15) is 0 Å². The van der Waals surface area contributed by atoms with E-state index in [1.807, 2.05) is 24.3 Å². The van der Waals surface area contributed by atoms with Crippen LogP contribution in [0.5, 0.6) is 0 Å². The van der Waals surface area contributed by atoms with Crippen LogP contribution < -0.4 is 5.32 Å². The van der Waals surface area contributed by atoms with Gasteiger partial charge in [0.15, 0.2) is 0 Å². The summed E-state index contributed by atoms with van der Waals surface area (Å²) in [5.41, 5.74) is 0.779. The molecule has 2 aromatic rings. The van der Waals surface area contributed by atoms with Gasteiger partial charge in [-0.3, -0.25) is 4.79 Å². The van der Waals surface area contributed by atoms with Crippen LogP contribution in [0.15, 0.2) is 30.5 Å². The molecule has 0 atom stereocenters. The lowest BCUT2D eigenvalue weighted by molar-refractivity contribution is 0.0953. The number of nitrogens with one attached hydrogen (secondary N) is 1. The average molecular weight is 187 g/mol. The summed E-state index contributed by atoms with van der Waals surface area (Å²) in [5, 5.41) is 3.41.